The fourth-order valence-electron chi connectivity index (χ4n) is 2.28. The Bertz CT molecular complexity index is 678. The third-order valence-corrected chi connectivity index (χ3v) is 19.7. The summed E-state index contributed by atoms with van der Waals surface area (Å²) in [6.07, 6.45) is 6.40. The van der Waals surface area contributed by atoms with E-state index in [4.69, 9.17) is 0 Å². The molecular formula is C13H18N7S2Sn. The van der Waals surface area contributed by atoms with Crippen LogP contribution in [0.2, 0.25) is 0 Å². The van der Waals surface area contributed by atoms with Crippen LogP contribution in [0.3, 0.4) is 0 Å². The molecule has 0 fully saturated rings. The van der Waals surface area contributed by atoms with Crippen molar-refractivity contribution in [1.29, 1.82) is 0 Å². The van der Waals surface area contributed by atoms with Crippen molar-refractivity contribution in [3.8, 4) is 0 Å². The van der Waals surface area contributed by atoms with Crippen LogP contribution in [0.1, 0.15) is 13.8 Å². The third kappa shape index (κ3) is 3.45. The van der Waals surface area contributed by atoms with Crippen molar-refractivity contribution in [1.82, 2.24) is 13.8 Å². The van der Waals surface area contributed by atoms with E-state index in [0.29, 0.717) is 0 Å². The Morgan fingerprint density at radius 2 is 1.70 bits per heavy atom. The number of amidine groups is 2. The number of nitrogens with zero attached hydrogens (tertiary/aromatic N) is 5. The van der Waals surface area contributed by atoms with Crippen molar-refractivity contribution in [2.75, 3.05) is 14.1 Å². The van der Waals surface area contributed by atoms with E-state index in [1.165, 1.54) is 0 Å². The second-order valence-corrected chi connectivity index (χ2v) is 19.5. The Balaban J connectivity index is 2.11. The standard InChI is InChI=1S/C13H20N7S2.Sn/c1-8(17-19-12(21)14-3)10-6-5-7-11(16-10)9(2)18-20-13(22)15-4;/h5-7,10H,1-4H3,(H2,14,19,21)(H2,15,20,22);/q-1;+3/p-2. The van der Waals surface area contributed by atoms with Gasteiger partial charge in [0, 0.05) is 0 Å². The molecule has 0 aromatic rings. The molecule has 0 bridgehead atoms. The minimum atomic E-state index is -2.28. The molecule has 0 aromatic carbocycles. The molecule has 1 radical (unpaired) electrons. The minimum absolute atomic E-state index is 0.146. The average molecular weight is 455 g/mol. The van der Waals surface area contributed by atoms with Gasteiger partial charge in [-0.3, -0.25) is 0 Å². The molecule has 0 spiro atoms. The summed E-state index contributed by atoms with van der Waals surface area (Å²) in [6, 6.07) is 0.146. The van der Waals surface area contributed by atoms with Gasteiger partial charge in [0.1, 0.15) is 0 Å². The zero-order valence-corrected chi connectivity index (χ0v) is 17.8. The Hall–Kier alpha value is -0.941. The Kier molecular flexibility index (Phi) is 5.37. The van der Waals surface area contributed by atoms with E-state index in [9.17, 15) is 0 Å². The molecule has 3 heterocycles. The van der Waals surface area contributed by atoms with Crippen LogP contribution in [0.5, 0.6) is 0 Å². The van der Waals surface area contributed by atoms with Gasteiger partial charge < -0.3 is 0 Å². The molecule has 3 rings (SSSR count). The summed E-state index contributed by atoms with van der Waals surface area (Å²) in [5.41, 5.74) is 3.08. The Morgan fingerprint density at radius 3 is 2.35 bits per heavy atom. The fraction of sp³-hybridized carbons (Fsp3) is 0.385. The SMILES string of the molecule is CNC1=NN=C(C)C2=CC=CC3C(C)=NN=C(NC)[S][Sn]([S]1)[N]23. The van der Waals surface area contributed by atoms with Crippen molar-refractivity contribution < 1.29 is 0 Å². The van der Waals surface area contributed by atoms with Crippen molar-refractivity contribution >= 4 is 56.9 Å². The Labute approximate surface area is 148 Å². The van der Waals surface area contributed by atoms with Crippen molar-refractivity contribution in [2.24, 2.45) is 20.4 Å². The number of nitrogens with one attached hydrogen (secondary N) is 2. The molecule has 10 heteroatoms. The monoisotopic (exact) mass is 456 g/mol. The average Bonchev–Trinajstić information content (AvgIpc) is 2.56. The summed E-state index contributed by atoms with van der Waals surface area (Å²) in [7, 11) is 7.42. The van der Waals surface area contributed by atoms with Gasteiger partial charge in [0.25, 0.3) is 0 Å². The molecule has 3 aliphatic heterocycles. The van der Waals surface area contributed by atoms with Crippen LogP contribution in [-0.4, -0.2) is 62.3 Å². The van der Waals surface area contributed by atoms with Crippen LogP contribution in [0, 0.1) is 0 Å². The normalized spacial score (nSPS) is 24.6. The van der Waals surface area contributed by atoms with Crippen LogP contribution in [-0.2, 0) is 0 Å². The van der Waals surface area contributed by atoms with E-state index < -0.39 is 17.3 Å². The van der Waals surface area contributed by atoms with Gasteiger partial charge in [-0.15, -0.1) is 0 Å². The van der Waals surface area contributed by atoms with E-state index >= 15 is 0 Å². The fourth-order valence-corrected chi connectivity index (χ4v) is 20.1. The molecule has 1 unspecified atom stereocenters. The molecule has 121 valence electrons. The molecule has 0 aliphatic carbocycles. The quantitative estimate of drug-likeness (QED) is 0.542. The van der Waals surface area contributed by atoms with E-state index in [1.54, 1.807) is 0 Å². The second kappa shape index (κ2) is 7.30. The van der Waals surface area contributed by atoms with Crippen LogP contribution < -0.4 is 10.6 Å². The maximum atomic E-state index is 4.40. The first-order valence-electron chi connectivity index (χ1n) is 7.14. The van der Waals surface area contributed by atoms with E-state index in [1.807, 2.05) is 45.8 Å². The molecule has 2 N–H and O–H groups in total. The molecule has 0 saturated heterocycles. The predicted molar refractivity (Wildman–Crippen MR) is 103 cm³/mol. The first-order valence-corrected chi connectivity index (χ1v) is 17.0. The maximum absolute atomic E-state index is 4.40. The molecule has 23 heavy (non-hydrogen) atoms. The second-order valence-electron chi connectivity index (χ2n) is 4.96. The van der Waals surface area contributed by atoms with E-state index in [2.05, 4.69) is 52.4 Å². The molecule has 1 atom stereocenters. The number of hydrogen-bond acceptors (Lipinski definition) is 9. The van der Waals surface area contributed by atoms with Crippen LogP contribution >= 0.6 is 17.9 Å². The van der Waals surface area contributed by atoms with Gasteiger partial charge in [-0.25, -0.2) is 0 Å². The molecule has 7 nitrogen and oxygen atoms in total. The van der Waals surface area contributed by atoms with Gasteiger partial charge in [0.15, 0.2) is 0 Å². The summed E-state index contributed by atoms with van der Waals surface area (Å²) in [6.45, 7) is 4.05. The summed E-state index contributed by atoms with van der Waals surface area (Å²) in [5, 5.41) is 25.6. The number of allylic oxidation sites excluding steroid dienone is 3. The number of hydrogen-bond donors (Lipinski definition) is 2. The molecule has 3 aliphatic rings. The van der Waals surface area contributed by atoms with Gasteiger partial charge in [-0.2, -0.15) is 0 Å². The predicted octanol–water partition coefficient (Wildman–Crippen LogP) is 1.49. The van der Waals surface area contributed by atoms with Crippen LogP contribution in [0.15, 0.2) is 44.3 Å². The molecule has 0 amide bonds. The molecule has 0 saturated carbocycles. The number of rotatable bonds is 0. The van der Waals surface area contributed by atoms with Crippen molar-refractivity contribution in [2.45, 2.75) is 19.9 Å². The Morgan fingerprint density at radius 1 is 1.04 bits per heavy atom. The van der Waals surface area contributed by atoms with Crippen molar-refractivity contribution in [3.05, 3.63) is 23.9 Å². The zero-order valence-electron chi connectivity index (χ0n) is 13.4. The van der Waals surface area contributed by atoms with Gasteiger partial charge in [0.05, 0.1) is 0 Å². The van der Waals surface area contributed by atoms with Gasteiger partial charge in [0.2, 0.25) is 0 Å². The topological polar surface area (TPSA) is 76.7 Å². The van der Waals surface area contributed by atoms with Gasteiger partial charge >= 0.3 is 149 Å². The summed E-state index contributed by atoms with van der Waals surface area (Å²) < 4.78 is 2.52. The molecule has 0 aromatic heterocycles. The van der Waals surface area contributed by atoms with Gasteiger partial charge in [-0.05, 0) is 0 Å². The van der Waals surface area contributed by atoms with E-state index in [-0.39, 0.29) is 6.04 Å². The summed E-state index contributed by atoms with van der Waals surface area (Å²) in [4.78, 5) is 0. The van der Waals surface area contributed by atoms with Crippen LogP contribution in [0.25, 0.3) is 0 Å². The first kappa shape index (κ1) is 16.9. The molecular weight excluding hydrogens is 437 g/mol. The zero-order chi connectivity index (χ0) is 16.4. The first-order chi connectivity index (χ1) is 11.1. The van der Waals surface area contributed by atoms with Crippen molar-refractivity contribution in [3.63, 3.8) is 0 Å². The summed E-state index contributed by atoms with van der Waals surface area (Å²) in [5.74, 6) is 0. The van der Waals surface area contributed by atoms with Crippen LogP contribution in [0.4, 0.5) is 0 Å². The van der Waals surface area contributed by atoms with Gasteiger partial charge in [-0.1, -0.05) is 0 Å². The van der Waals surface area contributed by atoms with E-state index in [0.717, 1.165) is 27.5 Å². The summed E-state index contributed by atoms with van der Waals surface area (Å²) >= 11 is -2.28. The third-order valence-electron chi connectivity index (χ3n) is 3.47.